The van der Waals surface area contributed by atoms with E-state index in [0.717, 1.165) is 17.1 Å². The molecule has 0 spiro atoms. The van der Waals surface area contributed by atoms with Crippen LogP contribution in [0.5, 0.6) is 0 Å². The average molecular weight is 222 g/mol. The molecule has 1 aromatic heterocycles. The van der Waals surface area contributed by atoms with Gasteiger partial charge in [-0.1, -0.05) is 23.7 Å². The molecule has 2 rings (SSSR count). The van der Waals surface area contributed by atoms with Crippen LogP contribution in [0, 0.1) is 6.92 Å². The first kappa shape index (κ1) is 10.3. The summed E-state index contributed by atoms with van der Waals surface area (Å²) < 4.78 is 5.47. The van der Waals surface area contributed by atoms with Gasteiger partial charge in [0.2, 0.25) is 0 Å². The Labute approximate surface area is 93.7 Å². The summed E-state index contributed by atoms with van der Waals surface area (Å²) in [6, 6.07) is 11.0. The second-order valence-electron chi connectivity index (χ2n) is 3.48. The lowest BCUT2D eigenvalue weighted by atomic mass is 10.1. The molecule has 2 N–H and O–H groups in total. The summed E-state index contributed by atoms with van der Waals surface area (Å²) in [5.41, 5.74) is 7.00. The summed E-state index contributed by atoms with van der Waals surface area (Å²) in [7, 11) is 0. The highest BCUT2D eigenvalue weighted by atomic mass is 35.5. The van der Waals surface area contributed by atoms with E-state index in [0.29, 0.717) is 5.02 Å². The molecule has 78 valence electrons. The van der Waals surface area contributed by atoms with E-state index in [-0.39, 0.29) is 6.04 Å². The zero-order valence-corrected chi connectivity index (χ0v) is 9.16. The van der Waals surface area contributed by atoms with Crippen molar-refractivity contribution >= 4 is 11.6 Å². The summed E-state index contributed by atoms with van der Waals surface area (Å²) in [5, 5.41) is 0.686. The summed E-state index contributed by atoms with van der Waals surface area (Å²) in [4.78, 5) is 0. The number of furan rings is 1. The smallest absolute Gasteiger partial charge is 0.125 e. The maximum Gasteiger partial charge on any atom is 0.125 e. The van der Waals surface area contributed by atoms with Crippen LogP contribution in [0.15, 0.2) is 40.8 Å². The van der Waals surface area contributed by atoms with E-state index in [4.69, 9.17) is 21.8 Å². The molecule has 15 heavy (non-hydrogen) atoms. The number of hydrogen-bond acceptors (Lipinski definition) is 2. The van der Waals surface area contributed by atoms with Crippen LogP contribution in [0.2, 0.25) is 5.02 Å². The number of nitrogens with two attached hydrogens (primary N) is 1. The Morgan fingerprint density at radius 2 is 2.07 bits per heavy atom. The number of halogens is 1. The number of aryl methyl sites for hydroxylation is 1. The minimum Gasteiger partial charge on any atom is -0.464 e. The van der Waals surface area contributed by atoms with Crippen molar-refractivity contribution in [1.82, 2.24) is 0 Å². The van der Waals surface area contributed by atoms with Crippen LogP contribution in [0.1, 0.15) is 23.1 Å². The van der Waals surface area contributed by atoms with Crippen LogP contribution in [-0.4, -0.2) is 0 Å². The van der Waals surface area contributed by atoms with E-state index in [2.05, 4.69) is 0 Å². The minimum atomic E-state index is -0.252. The Hall–Kier alpha value is -1.25. The molecule has 0 radical (unpaired) electrons. The number of benzene rings is 1. The molecule has 0 bridgehead atoms. The fraction of sp³-hybridized carbons (Fsp3) is 0.167. The van der Waals surface area contributed by atoms with Gasteiger partial charge in [-0.25, -0.2) is 0 Å². The molecule has 0 amide bonds. The molecule has 0 saturated carbocycles. The topological polar surface area (TPSA) is 39.2 Å². The van der Waals surface area contributed by atoms with Crippen molar-refractivity contribution in [2.24, 2.45) is 5.73 Å². The van der Waals surface area contributed by atoms with E-state index < -0.39 is 0 Å². The molecule has 1 unspecified atom stereocenters. The van der Waals surface area contributed by atoms with Gasteiger partial charge in [-0.2, -0.15) is 0 Å². The van der Waals surface area contributed by atoms with Crippen molar-refractivity contribution in [2.45, 2.75) is 13.0 Å². The van der Waals surface area contributed by atoms with Crippen molar-refractivity contribution < 1.29 is 4.42 Å². The van der Waals surface area contributed by atoms with Crippen molar-refractivity contribution in [3.8, 4) is 0 Å². The zero-order valence-electron chi connectivity index (χ0n) is 8.41. The number of rotatable bonds is 2. The fourth-order valence-corrected chi connectivity index (χ4v) is 1.68. The fourth-order valence-electron chi connectivity index (χ4n) is 1.48. The first-order valence-electron chi connectivity index (χ1n) is 4.74. The highest BCUT2D eigenvalue weighted by molar-refractivity contribution is 6.30. The molecule has 0 aliphatic heterocycles. The highest BCUT2D eigenvalue weighted by Crippen LogP contribution is 2.23. The third kappa shape index (κ3) is 2.22. The first-order valence-corrected chi connectivity index (χ1v) is 5.12. The van der Waals surface area contributed by atoms with Crippen LogP contribution < -0.4 is 5.73 Å². The van der Waals surface area contributed by atoms with Gasteiger partial charge in [-0.15, -0.1) is 0 Å². The summed E-state index contributed by atoms with van der Waals surface area (Å²) in [6.07, 6.45) is 0. The maximum absolute atomic E-state index is 6.05. The standard InChI is InChI=1S/C12H12ClNO/c1-8-5-6-11(15-8)12(14)9-3-2-4-10(13)7-9/h2-7,12H,14H2,1H3. The molecule has 0 fully saturated rings. The Bertz CT molecular complexity index is 464. The Kier molecular flexibility index (Phi) is 2.80. The Morgan fingerprint density at radius 3 is 2.67 bits per heavy atom. The minimum absolute atomic E-state index is 0.252. The van der Waals surface area contributed by atoms with Crippen LogP contribution in [-0.2, 0) is 0 Å². The van der Waals surface area contributed by atoms with E-state index in [1.165, 1.54) is 0 Å². The first-order chi connectivity index (χ1) is 7.16. The molecular weight excluding hydrogens is 210 g/mol. The largest absolute Gasteiger partial charge is 0.464 e. The van der Waals surface area contributed by atoms with Crippen LogP contribution in [0.3, 0.4) is 0 Å². The molecule has 1 heterocycles. The molecule has 0 aliphatic rings. The van der Waals surface area contributed by atoms with E-state index >= 15 is 0 Å². The lowest BCUT2D eigenvalue weighted by Crippen LogP contribution is -2.10. The number of hydrogen-bond donors (Lipinski definition) is 1. The van der Waals surface area contributed by atoms with Gasteiger partial charge in [0.15, 0.2) is 0 Å². The molecule has 3 heteroatoms. The molecule has 2 nitrogen and oxygen atoms in total. The van der Waals surface area contributed by atoms with E-state index in [9.17, 15) is 0 Å². The highest BCUT2D eigenvalue weighted by Gasteiger charge is 2.12. The third-order valence-corrected chi connectivity index (χ3v) is 2.51. The molecular formula is C12H12ClNO. The van der Waals surface area contributed by atoms with Gasteiger partial charge < -0.3 is 10.2 Å². The third-order valence-electron chi connectivity index (χ3n) is 2.28. The van der Waals surface area contributed by atoms with Crippen molar-refractivity contribution in [3.05, 3.63) is 58.5 Å². The average Bonchev–Trinajstić information content (AvgIpc) is 2.64. The molecule has 0 aliphatic carbocycles. The monoisotopic (exact) mass is 221 g/mol. The maximum atomic E-state index is 6.05. The van der Waals surface area contributed by atoms with Crippen molar-refractivity contribution in [3.63, 3.8) is 0 Å². The van der Waals surface area contributed by atoms with Crippen molar-refractivity contribution in [1.29, 1.82) is 0 Å². The predicted molar refractivity (Wildman–Crippen MR) is 60.9 cm³/mol. The second kappa shape index (κ2) is 4.09. The van der Waals surface area contributed by atoms with Crippen LogP contribution in [0.25, 0.3) is 0 Å². The predicted octanol–water partition coefficient (Wildman–Crippen LogP) is 3.29. The molecule has 1 aromatic carbocycles. The van der Waals surface area contributed by atoms with E-state index in [1.54, 1.807) is 0 Å². The van der Waals surface area contributed by atoms with Gasteiger partial charge >= 0.3 is 0 Å². The Balaban J connectivity index is 2.32. The van der Waals surface area contributed by atoms with Crippen LogP contribution >= 0.6 is 11.6 Å². The van der Waals surface area contributed by atoms with Gasteiger partial charge in [0.25, 0.3) is 0 Å². The summed E-state index contributed by atoms with van der Waals surface area (Å²) >= 11 is 5.90. The second-order valence-corrected chi connectivity index (χ2v) is 3.92. The van der Waals surface area contributed by atoms with Crippen LogP contribution in [0.4, 0.5) is 0 Å². The van der Waals surface area contributed by atoms with Gasteiger partial charge in [0.05, 0.1) is 6.04 Å². The SMILES string of the molecule is Cc1ccc(C(N)c2cccc(Cl)c2)o1. The quantitative estimate of drug-likeness (QED) is 0.845. The van der Waals surface area contributed by atoms with Crippen molar-refractivity contribution in [2.75, 3.05) is 0 Å². The lowest BCUT2D eigenvalue weighted by Gasteiger charge is -2.09. The lowest BCUT2D eigenvalue weighted by molar-refractivity contribution is 0.466. The Morgan fingerprint density at radius 1 is 1.27 bits per heavy atom. The van der Waals surface area contributed by atoms with E-state index in [1.807, 2.05) is 43.3 Å². The van der Waals surface area contributed by atoms with Gasteiger partial charge in [-0.05, 0) is 36.8 Å². The molecule has 2 aromatic rings. The summed E-state index contributed by atoms with van der Waals surface area (Å²) in [6.45, 7) is 1.90. The van der Waals surface area contributed by atoms with Gasteiger partial charge in [0.1, 0.15) is 11.5 Å². The molecule has 0 saturated heterocycles. The molecule has 1 atom stereocenters. The van der Waals surface area contributed by atoms with Gasteiger partial charge in [-0.3, -0.25) is 0 Å². The zero-order chi connectivity index (χ0) is 10.8. The normalized spacial score (nSPS) is 12.7. The summed E-state index contributed by atoms with van der Waals surface area (Å²) in [5.74, 6) is 1.62. The van der Waals surface area contributed by atoms with Gasteiger partial charge in [0, 0.05) is 5.02 Å².